The number of hydrogen-bond acceptors (Lipinski definition) is 3. The summed E-state index contributed by atoms with van der Waals surface area (Å²) in [6, 6.07) is 0. The maximum absolute atomic E-state index is 11.5. The molecule has 0 radical (unpaired) electrons. The van der Waals surface area contributed by atoms with E-state index < -0.39 is 11.9 Å². The van der Waals surface area contributed by atoms with E-state index in [2.05, 4.69) is 25.5 Å². The van der Waals surface area contributed by atoms with Crippen molar-refractivity contribution in [2.75, 3.05) is 20.2 Å². The van der Waals surface area contributed by atoms with Gasteiger partial charge in [0.15, 0.2) is 0 Å². The lowest BCUT2D eigenvalue weighted by atomic mass is 9.83. The first-order chi connectivity index (χ1) is 7.36. The van der Waals surface area contributed by atoms with E-state index in [-0.39, 0.29) is 5.41 Å². The van der Waals surface area contributed by atoms with E-state index >= 15 is 0 Å². The molecule has 0 aliphatic carbocycles. The molecule has 0 unspecified atom stereocenters. The van der Waals surface area contributed by atoms with Gasteiger partial charge < -0.3 is 9.64 Å². The third-order valence-electron chi connectivity index (χ3n) is 2.82. The van der Waals surface area contributed by atoms with Gasteiger partial charge in [0, 0.05) is 13.1 Å². The summed E-state index contributed by atoms with van der Waals surface area (Å²) in [5.74, 6) is -1.33. The molecule has 1 aliphatic rings. The van der Waals surface area contributed by atoms with Gasteiger partial charge in [0.2, 0.25) is 0 Å². The summed E-state index contributed by atoms with van der Waals surface area (Å²) >= 11 is 0. The smallest absolute Gasteiger partial charge is 0.396 e. The van der Waals surface area contributed by atoms with Gasteiger partial charge in [0.05, 0.1) is 7.11 Å². The zero-order valence-corrected chi connectivity index (χ0v) is 10.4. The van der Waals surface area contributed by atoms with Crippen molar-refractivity contribution in [3.63, 3.8) is 0 Å². The van der Waals surface area contributed by atoms with Gasteiger partial charge >= 0.3 is 11.9 Å². The van der Waals surface area contributed by atoms with E-state index in [1.165, 1.54) is 17.6 Å². The fourth-order valence-corrected chi connectivity index (χ4v) is 1.75. The molecular weight excluding hydrogens is 206 g/mol. The maximum Gasteiger partial charge on any atom is 0.396 e. The lowest BCUT2D eigenvalue weighted by Crippen LogP contribution is -2.40. The van der Waals surface area contributed by atoms with Crippen LogP contribution in [0.5, 0.6) is 0 Å². The Morgan fingerprint density at radius 3 is 2.38 bits per heavy atom. The number of carbonyl (C=O) groups is 2. The van der Waals surface area contributed by atoms with Crippen LogP contribution in [0.3, 0.4) is 0 Å². The second-order valence-electron chi connectivity index (χ2n) is 4.97. The zero-order valence-electron chi connectivity index (χ0n) is 10.4. The molecule has 0 aromatic rings. The molecule has 16 heavy (non-hydrogen) atoms. The normalized spacial score (nSPS) is 16.8. The SMILES string of the molecule is COC(=O)C(=O)N1CC=C(C(C)(C)C)CC1. The van der Waals surface area contributed by atoms with E-state index in [9.17, 15) is 9.59 Å². The Balaban J connectivity index is 2.65. The van der Waals surface area contributed by atoms with Crippen LogP contribution in [0.15, 0.2) is 11.6 Å². The van der Waals surface area contributed by atoms with Crippen LogP contribution in [0.4, 0.5) is 0 Å². The van der Waals surface area contributed by atoms with Gasteiger partial charge in [-0.3, -0.25) is 4.79 Å². The highest BCUT2D eigenvalue weighted by molar-refractivity contribution is 6.32. The van der Waals surface area contributed by atoms with Crippen LogP contribution in [0.2, 0.25) is 0 Å². The van der Waals surface area contributed by atoms with Gasteiger partial charge in [-0.1, -0.05) is 32.4 Å². The van der Waals surface area contributed by atoms with Gasteiger partial charge in [-0.05, 0) is 11.8 Å². The van der Waals surface area contributed by atoms with E-state index in [1.54, 1.807) is 0 Å². The summed E-state index contributed by atoms with van der Waals surface area (Å²) in [6.07, 6.45) is 2.86. The Hall–Kier alpha value is -1.32. The first kappa shape index (κ1) is 12.7. The number of esters is 1. The number of carbonyl (C=O) groups excluding carboxylic acids is 2. The Morgan fingerprint density at radius 1 is 1.38 bits per heavy atom. The second kappa shape index (κ2) is 4.68. The third-order valence-corrected chi connectivity index (χ3v) is 2.82. The maximum atomic E-state index is 11.5. The van der Waals surface area contributed by atoms with E-state index in [0.717, 1.165) is 6.42 Å². The molecule has 1 aliphatic heterocycles. The van der Waals surface area contributed by atoms with Crippen LogP contribution in [0.1, 0.15) is 27.2 Å². The summed E-state index contributed by atoms with van der Waals surface area (Å²) in [7, 11) is 1.22. The van der Waals surface area contributed by atoms with E-state index in [1.807, 2.05) is 6.08 Å². The largest absolute Gasteiger partial charge is 0.462 e. The minimum Gasteiger partial charge on any atom is -0.462 e. The van der Waals surface area contributed by atoms with Crippen molar-refractivity contribution in [1.82, 2.24) is 4.90 Å². The van der Waals surface area contributed by atoms with Crippen molar-refractivity contribution < 1.29 is 14.3 Å². The van der Waals surface area contributed by atoms with Crippen LogP contribution < -0.4 is 0 Å². The van der Waals surface area contributed by atoms with Crippen molar-refractivity contribution in [1.29, 1.82) is 0 Å². The predicted octanol–water partition coefficient (Wildman–Crippen LogP) is 1.36. The molecule has 0 aromatic heterocycles. The van der Waals surface area contributed by atoms with Crippen molar-refractivity contribution in [3.05, 3.63) is 11.6 Å². The standard InChI is InChI=1S/C12H19NO3/c1-12(2,3)9-5-7-13(8-6-9)10(14)11(15)16-4/h5H,6-8H2,1-4H3. The second-order valence-corrected chi connectivity index (χ2v) is 4.97. The molecule has 0 saturated carbocycles. The first-order valence-corrected chi connectivity index (χ1v) is 5.43. The summed E-state index contributed by atoms with van der Waals surface area (Å²) in [5, 5.41) is 0. The molecule has 1 heterocycles. The molecule has 1 rings (SSSR count). The molecular formula is C12H19NO3. The predicted molar refractivity (Wildman–Crippen MR) is 60.8 cm³/mol. The van der Waals surface area contributed by atoms with Crippen LogP contribution >= 0.6 is 0 Å². The topological polar surface area (TPSA) is 46.6 Å². The molecule has 0 bridgehead atoms. The molecule has 0 spiro atoms. The van der Waals surface area contributed by atoms with E-state index in [4.69, 9.17) is 0 Å². The fourth-order valence-electron chi connectivity index (χ4n) is 1.75. The molecule has 0 atom stereocenters. The molecule has 0 saturated heterocycles. The third kappa shape index (κ3) is 2.84. The van der Waals surface area contributed by atoms with Crippen LogP contribution in [0, 0.1) is 5.41 Å². The molecule has 0 fully saturated rings. The Kier molecular flexibility index (Phi) is 3.73. The average Bonchev–Trinajstić information content (AvgIpc) is 2.26. The summed E-state index contributed by atoms with van der Waals surface area (Å²) in [5.41, 5.74) is 1.47. The van der Waals surface area contributed by atoms with Crippen LogP contribution in [-0.4, -0.2) is 37.0 Å². The van der Waals surface area contributed by atoms with Gasteiger partial charge in [-0.15, -0.1) is 0 Å². The van der Waals surface area contributed by atoms with Crippen molar-refractivity contribution in [3.8, 4) is 0 Å². The Bertz CT molecular complexity index is 326. The van der Waals surface area contributed by atoms with Gasteiger partial charge in [0.1, 0.15) is 0 Å². The number of amides is 1. The van der Waals surface area contributed by atoms with Crippen molar-refractivity contribution in [2.24, 2.45) is 5.41 Å². The summed E-state index contributed by atoms with van der Waals surface area (Å²) < 4.78 is 4.41. The van der Waals surface area contributed by atoms with Crippen molar-refractivity contribution in [2.45, 2.75) is 27.2 Å². The minimum absolute atomic E-state index is 0.139. The van der Waals surface area contributed by atoms with Gasteiger partial charge in [0.25, 0.3) is 0 Å². The molecule has 0 N–H and O–H groups in total. The summed E-state index contributed by atoms with van der Waals surface area (Å²) in [4.78, 5) is 24.1. The van der Waals surface area contributed by atoms with Crippen LogP contribution in [-0.2, 0) is 14.3 Å². The van der Waals surface area contributed by atoms with Crippen LogP contribution in [0.25, 0.3) is 0 Å². The highest BCUT2D eigenvalue weighted by atomic mass is 16.5. The number of rotatable bonds is 0. The molecule has 1 amide bonds. The zero-order chi connectivity index (χ0) is 12.3. The number of nitrogens with zero attached hydrogens (tertiary/aromatic N) is 1. The molecule has 4 heteroatoms. The van der Waals surface area contributed by atoms with E-state index in [0.29, 0.717) is 13.1 Å². The van der Waals surface area contributed by atoms with Crippen molar-refractivity contribution >= 4 is 11.9 Å². The fraction of sp³-hybridized carbons (Fsp3) is 0.667. The first-order valence-electron chi connectivity index (χ1n) is 5.43. The quantitative estimate of drug-likeness (QED) is 0.355. The van der Waals surface area contributed by atoms with Gasteiger partial charge in [-0.25, -0.2) is 4.79 Å². The lowest BCUT2D eigenvalue weighted by molar-refractivity contribution is -0.158. The van der Waals surface area contributed by atoms with Gasteiger partial charge in [-0.2, -0.15) is 0 Å². The monoisotopic (exact) mass is 225 g/mol. The average molecular weight is 225 g/mol. The minimum atomic E-state index is -0.785. The molecule has 90 valence electrons. The summed E-state index contributed by atoms with van der Waals surface area (Å²) in [6.45, 7) is 7.54. The number of methoxy groups -OCH3 is 1. The highest BCUT2D eigenvalue weighted by Gasteiger charge is 2.27. The number of ether oxygens (including phenoxy) is 1. The molecule has 0 aromatic carbocycles. The highest BCUT2D eigenvalue weighted by Crippen LogP contribution is 2.29. The number of hydrogen-bond donors (Lipinski definition) is 0. The Labute approximate surface area is 96.3 Å². The Morgan fingerprint density at radius 2 is 2.00 bits per heavy atom. The molecule has 4 nitrogen and oxygen atoms in total. The lowest BCUT2D eigenvalue weighted by Gasteiger charge is -2.31.